The Bertz CT molecular complexity index is 525. The first-order chi connectivity index (χ1) is 11.7. The molecule has 2 rings (SSSR count). The first-order valence-corrected chi connectivity index (χ1v) is 8.80. The Morgan fingerprint density at radius 1 is 1.12 bits per heavy atom. The predicted octanol–water partition coefficient (Wildman–Crippen LogP) is 2.61. The molecule has 0 heterocycles. The zero-order valence-corrected chi connectivity index (χ0v) is 14.7. The summed E-state index contributed by atoms with van der Waals surface area (Å²) >= 11 is 0. The number of hydrogen-bond donors (Lipinski definition) is 1. The lowest BCUT2D eigenvalue weighted by molar-refractivity contribution is -0.129. The van der Waals surface area contributed by atoms with E-state index in [1.54, 1.807) is 7.11 Å². The average Bonchev–Trinajstić information content (AvgIpc) is 2.63. The molecule has 132 valence electrons. The molecule has 0 bridgehead atoms. The highest BCUT2D eigenvalue weighted by Gasteiger charge is 2.32. The number of hydrogen-bond acceptors (Lipinski definition) is 3. The summed E-state index contributed by atoms with van der Waals surface area (Å²) in [4.78, 5) is 26.8. The molecule has 5 nitrogen and oxygen atoms in total. The maximum Gasteiger partial charge on any atom is 0.230 e. The maximum atomic E-state index is 12.8. The number of rotatable bonds is 7. The van der Waals surface area contributed by atoms with Crippen LogP contribution in [0.2, 0.25) is 0 Å². The van der Waals surface area contributed by atoms with Gasteiger partial charge in [0.2, 0.25) is 11.8 Å². The van der Waals surface area contributed by atoms with Crippen LogP contribution in [0.15, 0.2) is 30.3 Å². The van der Waals surface area contributed by atoms with Crippen molar-refractivity contribution in [1.29, 1.82) is 0 Å². The summed E-state index contributed by atoms with van der Waals surface area (Å²) in [6.45, 7) is 3.74. The van der Waals surface area contributed by atoms with E-state index >= 15 is 0 Å². The summed E-state index contributed by atoms with van der Waals surface area (Å²) in [5.41, 5.74) is 0.949. The largest absolute Gasteiger partial charge is 0.383 e. The second-order valence-corrected chi connectivity index (χ2v) is 6.25. The van der Waals surface area contributed by atoms with Crippen molar-refractivity contribution < 1.29 is 14.3 Å². The molecular weight excluding hydrogens is 304 g/mol. The number of benzene rings is 1. The fraction of sp³-hybridized carbons (Fsp3) is 0.579. The van der Waals surface area contributed by atoms with Crippen molar-refractivity contribution in [3.63, 3.8) is 0 Å². The van der Waals surface area contributed by atoms with Crippen molar-refractivity contribution in [3.05, 3.63) is 30.3 Å². The first kappa shape index (κ1) is 18.5. The van der Waals surface area contributed by atoms with Crippen LogP contribution in [0.25, 0.3) is 0 Å². The molecule has 0 radical (unpaired) electrons. The highest BCUT2D eigenvalue weighted by molar-refractivity contribution is 5.95. The van der Waals surface area contributed by atoms with Gasteiger partial charge in [0.05, 0.1) is 6.61 Å². The van der Waals surface area contributed by atoms with Crippen LogP contribution in [-0.4, -0.2) is 38.6 Å². The molecule has 1 saturated carbocycles. The number of nitrogens with one attached hydrogen (secondary N) is 1. The Morgan fingerprint density at radius 2 is 1.75 bits per heavy atom. The van der Waals surface area contributed by atoms with Crippen molar-refractivity contribution in [2.75, 3.05) is 31.7 Å². The number of anilines is 1. The van der Waals surface area contributed by atoms with Gasteiger partial charge in [-0.25, -0.2) is 0 Å². The zero-order chi connectivity index (χ0) is 17.4. The minimum absolute atomic E-state index is 0.0215. The molecule has 1 N–H and O–H groups in total. The van der Waals surface area contributed by atoms with Crippen LogP contribution in [-0.2, 0) is 14.3 Å². The lowest BCUT2D eigenvalue weighted by Gasteiger charge is -2.31. The molecule has 1 aliphatic carbocycles. The second kappa shape index (κ2) is 9.42. The molecule has 2 amide bonds. The molecule has 1 aromatic rings. The molecule has 5 heteroatoms. The molecule has 1 aliphatic rings. The molecule has 0 aliphatic heterocycles. The summed E-state index contributed by atoms with van der Waals surface area (Å²) in [6.07, 6.45) is 3.12. The summed E-state index contributed by atoms with van der Waals surface area (Å²) < 4.78 is 4.94. The fourth-order valence-electron chi connectivity index (χ4n) is 3.32. The monoisotopic (exact) mass is 332 g/mol. The Morgan fingerprint density at radius 3 is 2.33 bits per heavy atom. The van der Waals surface area contributed by atoms with Crippen molar-refractivity contribution in [2.24, 2.45) is 11.8 Å². The summed E-state index contributed by atoms with van der Waals surface area (Å²) in [5, 5.41) is 2.90. The SMILES string of the molecule is CCN(C(=O)C1CCC(C(=O)NCCOC)CC1)c1ccccc1. The second-order valence-electron chi connectivity index (χ2n) is 6.25. The number of nitrogens with zero attached hydrogens (tertiary/aromatic N) is 1. The Labute approximate surface area is 144 Å². The minimum Gasteiger partial charge on any atom is -0.383 e. The van der Waals surface area contributed by atoms with Gasteiger partial charge in [0.25, 0.3) is 0 Å². The van der Waals surface area contributed by atoms with Gasteiger partial charge >= 0.3 is 0 Å². The molecule has 1 fully saturated rings. The van der Waals surface area contributed by atoms with E-state index in [4.69, 9.17) is 4.74 Å². The van der Waals surface area contributed by atoms with E-state index in [9.17, 15) is 9.59 Å². The van der Waals surface area contributed by atoms with E-state index in [1.807, 2.05) is 42.2 Å². The molecule has 0 unspecified atom stereocenters. The molecular formula is C19H28N2O3. The number of para-hydroxylation sites is 1. The Hall–Kier alpha value is -1.88. The van der Waals surface area contributed by atoms with Gasteiger partial charge in [-0.15, -0.1) is 0 Å². The third kappa shape index (κ3) is 4.81. The highest BCUT2D eigenvalue weighted by atomic mass is 16.5. The van der Waals surface area contributed by atoms with E-state index in [0.29, 0.717) is 19.7 Å². The third-order valence-corrected chi connectivity index (χ3v) is 4.70. The number of carbonyl (C=O) groups is 2. The predicted molar refractivity (Wildman–Crippen MR) is 94.8 cm³/mol. The van der Waals surface area contributed by atoms with Gasteiger partial charge in [-0.3, -0.25) is 9.59 Å². The average molecular weight is 332 g/mol. The quantitative estimate of drug-likeness (QED) is 0.781. The summed E-state index contributed by atoms with van der Waals surface area (Å²) in [6, 6.07) is 9.79. The fourth-order valence-corrected chi connectivity index (χ4v) is 3.32. The minimum atomic E-state index is 0.0215. The lowest BCUT2D eigenvalue weighted by atomic mass is 9.81. The Balaban J connectivity index is 1.87. The van der Waals surface area contributed by atoms with Gasteiger partial charge in [-0.05, 0) is 44.7 Å². The topological polar surface area (TPSA) is 58.6 Å². The van der Waals surface area contributed by atoms with Crippen LogP contribution >= 0.6 is 0 Å². The van der Waals surface area contributed by atoms with E-state index in [-0.39, 0.29) is 23.7 Å². The molecule has 0 atom stereocenters. The molecule has 0 saturated heterocycles. The lowest BCUT2D eigenvalue weighted by Crippen LogP contribution is -2.40. The maximum absolute atomic E-state index is 12.8. The van der Waals surface area contributed by atoms with Gasteiger partial charge in [-0.2, -0.15) is 0 Å². The number of carbonyl (C=O) groups excluding carboxylic acids is 2. The van der Waals surface area contributed by atoms with Crippen molar-refractivity contribution >= 4 is 17.5 Å². The van der Waals surface area contributed by atoms with Gasteiger partial charge in [0.1, 0.15) is 0 Å². The number of ether oxygens (including phenoxy) is 1. The van der Waals surface area contributed by atoms with Crippen molar-refractivity contribution in [2.45, 2.75) is 32.6 Å². The van der Waals surface area contributed by atoms with Crippen LogP contribution < -0.4 is 10.2 Å². The van der Waals surface area contributed by atoms with Crippen LogP contribution in [0, 0.1) is 11.8 Å². The van der Waals surface area contributed by atoms with E-state index in [2.05, 4.69) is 5.32 Å². The van der Waals surface area contributed by atoms with Gasteiger partial charge in [0, 0.05) is 37.7 Å². The van der Waals surface area contributed by atoms with Crippen LogP contribution in [0.3, 0.4) is 0 Å². The van der Waals surface area contributed by atoms with Gasteiger partial charge < -0.3 is 15.0 Å². The highest BCUT2D eigenvalue weighted by Crippen LogP contribution is 2.31. The van der Waals surface area contributed by atoms with Crippen LogP contribution in [0.4, 0.5) is 5.69 Å². The van der Waals surface area contributed by atoms with Crippen molar-refractivity contribution in [1.82, 2.24) is 5.32 Å². The molecule has 0 spiro atoms. The van der Waals surface area contributed by atoms with E-state index in [1.165, 1.54) is 0 Å². The number of amides is 2. The standard InChI is InChI=1S/C19H28N2O3/c1-3-21(17-7-5-4-6-8-17)19(23)16-11-9-15(10-12-16)18(22)20-13-14-24-2/h4-8,15-16H,3,9-14H2,1-2H3,(H,20,22). The summed E-state index contributed by atoms with van der Waals surface area (Å²) in [5.74, 6) is 0.321. The molecule has 1 aromatic carbocycles. The first-order valence-electron chi connectivity index (χ1n) is 8.80. The normalized spacial score (nSPS) is 20.4. The zero-order valence-electron chi connectivity index (χ0n) is 14.7. The third-order valence-electron chi connectivity index (χ3n) is 4.70. The van der Waals surface area contributed by atoms with E-state index in [0.717, 1.165) is 31.4 Å². The van der Waals surface area contributed by atoms with Crippen LogP contribution in [0.5, 0.6) is 0 Å². The van der Waals surface area contributed by atoms with Crippen LogP contribution in [0.1, 0.15) is 32.6 Å². The van der Waals surface area contributed by atoms with Crippen molar-refractivity contribution in [3.8, 4) is 0 Å². The molecule has 0 aromatic heterocycles. The Kier molecular flexibility index (Phi) is 7.25. The number of methoxy groups -OCH3 is 1. The van der Waals surface area contributed by atoms with E-state index < -0.39 is 0 Å². The summed E-state index contributed by atoms with van der Waals surface area (Å²) in [7, 11) is 1.62. The molecule has 24 heavy (non-hydrogen) atoms. The van der Waals surface area contributed by atoms with Gasteiger partial charge in [-0.1, -0.05) is 18.2 Å². The smallest absolute Gasteiger partial charge is 0.230 e. The van der Waals surface area contributed by atoms with Gasteiger partial charge in [0.15, 0.2) is 0 Å².